The number of nitriles is 1. The first-order chi connectivity index (χ1) is 8.84. The summed E-state index contributed by atoms with van der Waals surface area (Å²) in [6.45, 7) is -0.134. The predicted molar refractivity (Wildman–Crippen MR) is 57.1 cm³/mol. The summed E-state index contributed by atoms with van der Waals surface area (Å²) in [4.78, 5) is 11.5. The third kappa shape index (κ3) is 3.35. The Morgan fingerprint density at radius 2 is 2.11 bits per heavy atom. The van der Waals surface area contributed by atoms with Crippen LogP contribution in [0.2, 0.25) is 0 Å². The molecule has 0 saturated heterocycles. The maximum Gasteiger partial charge on any atom is 0.573 e. The number of carbonyl (C=O) groups excluding carboxylic acids is 1. The van der Waals surface area contributed by atoms with Gasteiger partial charge in [-0.15, -0.1) is 13.2 Å². The van der Waals surface area contributed by atoms with Crippen LogP contribution in [0.1, 0.15) is 21.5 Å². The van der Waals surface area contributed by atoms with Gasteiger partial charge in [0, 0.05) is 6.54 Å². The molecule has 1 rings (SSSR count). The minimum Gasteiger partial charge on any atom is -0.465 e. The molecular weight excluding hydrogens is 265 g/mol. The number of halogens is 3. The maximum atomic E-state index is 12.2. The molecule has 0 amide bonds. The molecule has 0 heterocycles. The van der Waals surface area contributed by atoms with E-state index >= 15 is 0 Å². The molecule has 2 N–H and O–H groups in total. The standard InChI is InChI=1S/C11H9F3N2O3/c1-18-10(17)9-6(4-15)2-3-8(7(9)5-16)19-11(12,13)14/h2-3H,4,15H2,1H3. The molecule has 0 spiro atoms. The van der Waals surface area contributed by atoms with Crippen LogP contribution in [0.25, 0.3) is 0 Å². The lowest BCUT2D eigenvalue weighted by Gasteiger charge is -2.14. The molecule has 1 aromatic rings. The van der Waals surface area contributed by atoms with Crippen LogP contribution in [0.15, 0.2) is 12.1 Å². The van der Waals surface area contributed by atoms with Gasteiger partial charge in [-0.25, -0.2) is 4.79 Å². The molecule has 0 atom stereocenters. The predicted octanol–water partition coefficient (Wildman–Crippen LogP) is 1.70. The second-order valence-corrected chi connectivity index (χ2v) is 3.33. The Morgan fingerprint density at radius 3 is 2.53 bits per heavy atom. The first-order valence-electron chi connectivity index (χ1n) is 4.94. The van der Waals surface area contributed by atoms with Gasteiger partial charge >= 0.3 is 12.3 Å². The van der Waals surface area contributed by atoms with Gasteiger partial charge < -0.3 is 15.2 Å². The lowest BCUT2D eigenvalue weighted by Crippen LogP contribution is -2.20. The zero-order chi connectivity index (χ0) is 14.6. The van der Waals surface area contributed by atoms with E-state index < -0.39 is 23.6 Å². The molecule has 0 aliphatic heterocycles. The topological polar surface area (TPSA) is 85.3 Å². The zero-order valence-electron chi connectivity index (χ0n) is 9.75. The summed E-state index contributed by atoms with van der Waals surface area (Å²) >= 11 is 0. The summed E-state index contributed by atoms with van der Waals surface area (Å²) in [6, 6.07) is 3.60. The third-order valence-corrected chi connectivity index (χ3v) is 2.20. The number of nitrogens with zero attached hydrogens (tertiary/aromatic N) is 1. The van der Waals surface area contributed by atoms with Gasteiger partial charge in [0.1, 0.15) is 17.4 Å². The van der Waals surface area contributed by atoms with Crippen LogP contribution in [0.5, 0.6) is 5.75 Å². The molecule has 102 valence electrons. The van der Waals surface area contributed by atoms with E-state index in [1.165, 1.54) is 12.1 Å². The third-order valence-electron chi connectivity index (χ3n) is 2.20. The first-order valence-corrected chi connectivity index (χ1v) is 4.94. The quantitative estimate of drug-likeness (QED) is 0.848. The second kappa shape index (κ2) is 5.58. The van der Waals surface area contributed by atoms with Gasteiger partial charge in [0.25, 0.3) is 0 Å². The lowest BCUT2D eigenvalue weighted by atomic mass is 10.0. The molecule has 0 radical (unpaired) electrons. The van der Waals surface area contributed by atoms with Crippen LogP contribution >= 0.6 is 0 Å². The van der Waals surface area contributed by atoms with Crippen molar-refractivity contribution in [1.82, 2.24) is 0 Å². The summed E-state index contributed by atoms with van der Waals surface area (Å²) in [6.07, 6.45) is -4.97. The van der Waals surface area contributed by atoms with Crippen LogP contribution in [0, 0.1) is 11.3 Å². The molecule has 1 aromatic carbocycles. The van der Waals surface area contributed by atoms with Crippen LogP contribution < -0.4 is 10.5 Å². The highest BCUT2D eigenvalue weighted by atomic mass is 19.4. The Kier molecular flexibility index (Phi) is 4.34. The fourth-order valence-corrected chi connectivity index (χ4v) is 1.45. The highest BCUT2D eigenvalue weighted by Crippen LogP contribution is 2.30. The number of carbonyl (C=O) groups is 1. The van der Waals surface area contributed by atoms with Crippen molar-refractivity contribution in [3.05, 3.63) is 28.8 Å². The number of nitrogens with two attached hydrogens (primary N) is 1. The van der Waals surface area contributed by atoms with E-state index in [-0.39, 0.29) is 17.7 Å². The molecule has 0 fully saturated rings. The number of hydrogen-bond donors (Lipinski definition) is 1. The SMILES string of the molecule is COC(=O)c1c(CN)ccc(OC(F)(F)F)c1C#N. The van der Waals surface area contributed by atoms with Crippen LogP contribution in [-0.2, 0) is 11.3 Å². The Hall–Kier alpha value is -2.27. The van der Waals surface area contributed by atoms with E-state index in [2.05, 4.69) is 9.47 Å². The smallest absolute Gasteiger partial charge is 0.465 e. The van der Waals surface area contributed by atoms with Crippen molar-refractivity contribution in [3.8, 4) is 11.8 Å². The summed E-state index contributed by atoms with van der Waals surface area (Å²) in [7, 11) is 1.04. The molecule has 0 aliphatic carbocycles. The monoisotopic (exact) mass is 274 g/mol. The number of rotatable bonds is 3. The number of esters is 1. The molecule has 19 heavy (non-hydrogen) atoms. The van der Waals surface area contributed by atoms with Crippen LogP contribution in [-0.4, -0.2) is 19.4 Å². The van der Waals surface area contributed by atoms with Crippen molar-refractivity contribution in [2.45, 2.75) is 12.9 Å². The largest absolute Gasteiger partial charge is 0.573 e. The highest BCUT2D eigenvalue weighted by Gasteiger charge is 2.33. The average molecular weight is 274 g/mol. The lowest BCUT2D eigenvalue weighted by molar-refractivity contribution is -0.274. The van der Waals surface area contributed by atoms with Gasteiger partial charge in [-0.1, -0.05) is 6.07 Å². The maximum absolute atomic E-state index is 12.2. The Bertz CT molecular complexity index is 535. The van der Waals surface area contributed by atoms with Crippen molar-refractivity contribution >= 4 is 5.97 Å². The van der Waals surface area contributed by atoms with Gasteiger partial charge in [0.05, 0.1) is 12.7 Å². The molecule has 0 aliphatic rings. The minimum absolute atomic E-state index is 0.134. The Labute approximate surface area is 106 Å². The summed E-state index contributed by atoms with van der Waals surface area (Å²) < 4.78 is 44.7. The van der Waals surface area contributed by atoms with Crippen molar-refractivity contribution in [2.75, 3.05) is 7.11 Å². The normalized spacial score (nSPS) is 10.7. The molecule has 8 heteroatoms. The van der Waals surface area contributed by atoms with Crippen molar-refractivity contribution in [2.24, 2.45) is 5.73 Å². The first kappa shape index (κ1) is 14.8. The van der Waals surface area contributed by atoms with Gasteiger partial charge in [0.15, 0.2) is 0 Å². The molecular formula is C11H9F3N2O3. The van der Waals surface area contributed by atoms with Gasteiger partial charge in [-0.05, 0) is 11.6 Å². The molecule has 0 aromatic heterocycles. The van der Waals surface area contributed by atoms with E-state index in [9.17, 15) is 18.0 Å². The summed E-state index contributed by atoms with van der Waals surface area (Å²) in [5, 5.41) is 8.91. The van der Waals surface area contributed by atoms with Gasteiger partial charge in [-0.2, -0.15) is 5.26 Å². The number of benzene rings is 1. The van der Waals surface area contributed by atoms with Gasteiger partial charge in [0.2, 0.25) is 0 Å². The molecule has 0 bridgehead atoms. The fourth-order valence-electron chi connectivity index (χ4n) is 1.45. The number of hydrogen-bond acceptors (Lipinski definition) is 5. The van der Waals surface area contributed by atoms with Crippen molar-refractivity contribution in [3.63, 3.8) is 0 Å². The van der Waals surface area contributed by atoms with Gasteiger partial charge in [-0.3, -0.25) is 0 Å². The van der Waals surface area contributed by atoms with Crippen LogP contribution in [0.4, 0.5) is 13.2 Å². The highest BCUT2D eigenvalue weighted by molar-refractivity contribution is 5.94. The summed E-state index contributed by atoms with van der Waals surface area (Å²) in [5.41, 5.74) is 4.67. The molecule has 0 saturated carbocycles. The number of methoxy groups -OCH3 is 1. The van der Waals surface area contributed by atoms with E-state index in [4.69, 9.17) is 11.0 Å². The molecule has 0 unspecified atom stereocenters. The second-order valence-electron chi connectivity index (χ2n) is 3.33. The van der Waals surface area contributed by atoms with E-state index in [0.717, 1.165) is 13.2 Å². The fraction of sp³-hybridized carbons (Fsp3) is 0.273. The number of ether oxygens (including phenoxy) is 2. The van der Waals surface area contributed by atoms with Crippen LogP contribution in [0.3, 0.4) is 0 Å². The van der Waals surface area contributed by atoms with E-state index in [1.807, 2.05) is 0 Å². The molecule has 5 nitrogen and oxygen atoms in total. The average Bonchev–Trinajstić information content (AvgIpc) is 2.35. The van der Waals surface area contributed by atoms with Crippen molar-refractivity contribution < 1.29 is 27.4 Å². The zero-order valence-corrected chi connectivity index (χ0v) is 9.75. The Morgan fingerprint density at radius 1 is 1.47 bits per heavy atom. The number of alkyl halides is 3. The summed E-state index contributed by atoms with van der Waals surface area (Å²) in [5.74, 6) is -1.72. The van der Waals surface area contributed by atoms with E-state index in [0.29, 0.717) is 0 Å². The minimum atomic E-state index is -4.97. The Balaban J connectivity index is 3.46. The van der Waals surface area contributed by atoms with E-state index in [1.54, 1.807) is 0 Å². The van der Waals surface area contributed by atoms with Crippen molar-refractivity contribution in [1.29, 1.82) is 5.26 Å².